The maximum absolute atomic E-state index is 15.0. The van der Waals surface area contributed by atoms with Gasteiger partial charge in [-0.1, -0.05) is 0 Å². The maximum Gasteiger partial charge on any atom is 0.417 e. The molecule has 190 valence electrons. The van der Waals surface area contributed by atoms with Crippen LogP contribution in [0.2, 0.25) is 0 Å². The fraction of sp³-hybridized carbons (Fsp3) is 0.320. The molecular formula is C25H29FN6O4. The lowest BCUT2D eigenvalue weighted by Gasteiger charge is -2.39. The molecule has 0 bridgehead atoms. The molecule has 2 heterocycles. The molecule has 1 fully saturated rings. The van der Waals surface area contributed by atoms with Gasteiger partial charge >= 0.3 is 6.09 Å². The van der Waals surface area contributed by atoms with Crippen LogP contribution in [0.15, 0.2) is 48.7 Å². The van der Waals surface area contributed by atoms with Crippen LogP contribution in [0, 0.1) is 5.82 Å². The molecule has 4 rings (SSSR count). The largest absolute Gasteiger partial charge is 0.497 e. The van der Waals surface area contributed by atoms with Crippen molar-refractivity contribution in [2.45, 2.75) is 13.0 Å². The number of carboxylic acid groups (broad SMARTS) is 1. The summed E-state index contributed by atoms with van der Waals surface area (Å²) in [7, 11) is 4.99. The molecule has 10 nitrogen and oxygen atoms in total. The number of methoxy groups -OCH3 is 2. The normalized spacial score (nSPS) is 15.9. The first-order chi connectivity index (χ1) is 17.3. The minimum atomic E-state index is -1.27. The number of benzene rings is 2. The number of aromatic nitrogens is 2. The van der Waals surface area contributed by atoms with Gasteiger partial charge in [0, 0.05) is 49.7 Å². The number of nitrogens with zero attached hydrogens (tertiary/aromatic N) is 5. The predicted octanol–water partition coefficient (Wildman–Crippen LogP) is 4.33. The number of piperazine rings is 1. The first-order valence-electron chi connectivity index (χ1n) is 11.4. The van der Waals surface area contributed by atoms with E-state index in [4.69, 9.17) is 9.47 Å². The van der Waals surface area contributed by atoms with Gasteiger partial charge in [0.1, 0.15) is 23.1 Å². The van der Waals surface area contributed by atoms with Gasteiger partial charge in [-0.2, -0.15) is 4.98 Å². The Kier molecular flexibility index (Phi) is 7.39. The summed E-state index contributed by atoms with van der Waals surface area (Å²) in [6.07, 6.45) is 0.145. The molecule has 1 saturated heterocycles. The molecule has 2 aromatic carbocycles. The summed E-state index contributed by atoms with van der Waals surface area (Å²) in [6.45, 7) is 4.46. The molecule has 2 N–H and O–H groups in total. The molecule has 1 aliphatic heterocycles. The zero-order valence-electron chi connectivity index (χ0n) is 20.6. The number of hydrogen-bond donors (Lipinski definition) is 2. The predicted molar refractivity (Wildman–Crippen MR) is 136 cm³/mol. The summed E-state index contributed by atoms with van der Waals surface area (Å²) in [4.78, 5) is 26.0. The first-order valence-corrected chi connectivity index (χ1v) is 11.4. The van der Waals surface area contributed by atoms with Crippen molar-refractivity contribution in [2.75, 3.05) is 56.0 Å². The van der Waals surface area contributed by atoms with Crippen LogP contribution in [-0.4, -0.2) is 73.0 Å². The third kappa shape index (κ3) is 5.25. The molecule has 0 spiro atoms. The van der Waals surface area contributed by atoms with Crippen LogP contribution in [0.25, 0.3) is 0 Å². The average molecular weight is 497 g/mol. The Hall–Kier alpha value is -4.12. The third-order valence-electron chi connectivity index (χ3n) is 6.19. The van der Waals surface area contributed by atoms with E-state index in [1.807, 2.05) is 4.90 Å². The molecule has 1 unspecified atom stereocenters. The number of nitrogens with one attached hydrogen (secondary N) is 1. The van der Waals surface area contributed by atoms with Crippen molar-refractivity contribution in [3.05, 3.63) is 54.5 Å². The van der Waals surface area contributed by atoms with Crippen molar-refractivity contribution in [3.63, 3.8) is 0 Å². The number of amides is 1. The molecule has 11 heteroatoms. The van der Waals surface area contributed by atoms with Gasteiger partial charge in [0.15, 0.2) is 0 Å². The minimum Gasteiger partial charge on any atom is -0.497 e. The number of ether oxygens (including phenoxy) is 2. The van der Waals surface area contributed by atoms with E-state index >= 15 is 4.39 Å². The van der Waals surface area contributed by atoms with Crippen LogP contribution in [0.4, 0.5) is 38.0 Å². The maximum atomic E-state index is 15.0. The Bertz CT molecular complexity index is 1240. The highest BCUT2D eigenvalue weighted by molar-refractivity contribution is 5.96. The number of anilines is 5. The summed E-state index contributed by atoms with van der Waals surface area (Å²) in [6, 6.07) is 11.4. The Morgan fingerprint density at radius 2 is 1.97 bits per heavy atom. The zero-order valence-corrected chi connectivity index (χ0v) is 20.6. The van der Waals surface area contributed by atoms with E-state index in [9.17, 15) is 9.90 Å². The van der Waals surface area contributed by atoms with E-state index in [0.29, 0.717) is 28.9 Å². The van der Waals surface area contributed by atoms with Crippen molar-refractivity contribution < 1.29 is 23.8 Å². The monoisotopic (exact) mass is 496 g/mol. The van der Waals surface area contributed by atoms with Gasteiger partial charge in [-0.25, -0.2) is 19.1 Å². The zero-order chi connectivity index (χ0) is 25.8. The molecule has 3 aromatic rings. The standard InChI is InChI=1S/C25H29FN6O4/c1-16-15-31(12-11-30(16)2)20-7-5-17(13-19(20)26)28-24-27-10-9-23(29-24)32(25(33)34)21-14-18(35-3)6-8-22(21)36-4/h5-10,13-14,16H,11-12,15H2,1-4H3,(H,33,34)(H,27,28,29). The molecule has 1 amide bonds. The molecular weight excluding hydrogens is 467 g/mol. The number of carbonyl (C=O) groups is 1. The SMILES string of the molecule is COc1ccc(OC)c(N(C(=O)O)c2ccnc(Nc3ccc(N4CCN(C)C(C)C4)c(F)c3)n2)c1. The highest BCUT2D eigenvalue weighted by Gasteiger charge is 2.25. The lowest BCUT2D eigenvalue weighted by atomic mass is 10.1. The van der Waals surface area contributed by atoms with Gasteiger partial charge < -0.3 is 29.7 Å². The van der Waals surface area contributed by atoms with Crippen LogP contribution in [0.1, 0.15) is 6.92 Å². The smallest absolute Gasteiger partial charge is 0.417 e. The summed E-state index contributed by atoms with van der Waals surface area (Å²) >= 11 is 0. The quantitative estimate of drug-likeness (QED) is 0.495. The van der Waals surface area contributed by atoms with Gasteiger partial charge in [0.2, 0.25) is 5.95 Å². The van der Waals surface area contributed by atoms with Crippen LogP contribution in [-0.2, 0) is 0 Å². The second-order valence-corrected chi connectivity index (χ2v) is 8.46. The fourth-order valence-electron chi connectivity index (χ4n) is 4.07. The summed E-state index contributed by atoms with van der Waals surface area (Å²) in [5.74, 6) is 0.606. The highest BCUT2D eigenvalue weighted by Crippen LogP contribution is 2.36. The van der Waals surface area contributed by atoms with E-state index in [1.165, 1.54) is 38.6 Å². The Morgan fingerprint density at radius 1 is 1.17 bits per heavy atom. The Morgan fingerprint density at radius 3 is 2.64 bits per heavy atom. The van der Waals surface area contributed by atoms with Gasteiger partial charge in [0.05, 0.1) is 25.6 Å². The number of halogens is 1. The van der Waals surface area contributed by atoms with Crippen LogP contribution in [0.3, 0.4) is 0 Å². The number of hydrogen-bond acceptors (Lipinski definition) is 8. The molecule has 0 radical (unpaired) electrons. The van der Waals surface area contributed by atoms with Crippen LogP contribution < -0.4 is 24.6 Å². The average Bonchev–Trinajstić information content (AvgIpc) is 2.86. The van der Waals surface area contributed by atoms with Crippen LogP contribution in [0.5, 0.6) is 11.5 Å². The second-order valence-electron chi connectivity index (χ2n) is 8.46. The first kappa shape index (κ1) is 25.0. The van der Waals surface area contributed by atoms with Crippen molar-refractivity contribution in [3.8, 4) is 11.5 Å². The molecule has 1 atom stereocenters. The molecule has 36 heavy (non-hydrogen) atoms. The molecule has 1 aliphatic rings. The van der Waals surface area contributed by atoms with Crippen molar-refractivity contribution in [1.29, 1.82) is 0 Å². The number of likely N-dealkylation sites (N-methyl/N-ethyl adjacent to an activating group) is 1. The van der Waals surface area contributed by atoms with Crippen LogP contribution >= 0.6 is 0 Å². The van der Waals surface area contributed by atoms with Gasteiger partial charge in [-0.3, -0.25) is 0 Å². The van der Waals surface area contributed by atoms with Gasteiger partial charge in [-0.05, 0) is 44.3 Å². The molecule has 0 saturated carbocycles. The lowest BCUT2D eigenvalue weighted by molar-refractivity contribution is 0.204. The van der Waals surface area contributed by atoms with Gasteiger partial charge in [0.25, 0.3) is 0 Å². The minimum absolute atomic E-state index is 0.0788. The lowest BCUT2D eigenvalue weighted by Crippen LogP contribution is -2.50. The van der Waals surface area contributed by atoms with Crippen molar-refractivity contribution >= 4 is 34.9 Å². The molecule has 1 aromatic heterocycles. The summed E-state index contributed by atoms with van der Waals surface area (Å²) < 4.78 is 25.6. The van der Waals surface area contributed by atoms with E-state index < -0.39 is 6.09 Å². The summed E-state index contributed by atoms with van der Waals surface area (Å²) in [5, 5.41) is 12.9. The van der Waals surface area contributed by atoms with Crippen molar-refractivity contribution in [2.24, 2.45) is 0 Å². The fourth-order valence-corrected chi connectivity index (χ4v) is 4.07. The van der Waals surface area contributed by atoms with E-state index in [0.717, 1.165) is 24.5 Å². The third-order valence-corrected chi connectivity index (χ3v) is 6.19. The van der Waals surface area contributed by atoms with E-state index in [-0.39, 0.29) is 23.3 Å². The van der Waals surface area contributed by atoms with Gasteiger partial charge in [-0.15, -0.1) is 0 Å². The number of rotatable bonds is 7. The topological polar surface area (TPSA) is 103 Å². The Labute approximate surface area is 208 Å². The molecule has 0 aliphatic carbocycles. The van der Waals surface area contributed by atoms with E-state index in [2.05, 4.69) is 34.2 Å². The Balaban J connectivity index is 1.59. The highest BCUT2D eigenvalue weighted by atomic mass is 19.1. The van der Waals surface area contributed by atoms with E-state index in [1.54, 1.807) is 24.3 Å². The van der Waals surface area contributed by atoms with Crippen molar-refractivity contribution in [1.82, 2.24) is 14.9 Å². The summed E-state index contributed by atoms with van der Waals surface area (Å²) in [5.41, 5.74) is 1.21. The second kappa shape index (κ2) is 10.6.